The van der Waals surface area contributed by atoms with Crippen LogP contribution in [0.5, 0.6) is 5.75 Å². The Labute approximate surface area is 157 Å². The molecule has 1 aliphatic heterocycles. The molecule has 2 heterocycles. The minimum absolute atomic E-state index is 0.0311. The van der Waals surface area contributed by atoms with Crippen LogP contribution >= 0.6 is 0 Å². The number of benzene rings is 2. The lowest BCUT2D eigenvalue weighted by molar-refractivity contribution is -0.120. The van der Waals surface area contributed by atoms with E-state index in [1.54, 1.807) is 4.68 Å². The maximum absolute atomic E-state index is 12.3. The van der Waals surface area contributed by atoms with E-state index in [0.717, 1.165) is 29.8 Å². The van der Waals surface area contributed by atoms with Crippen LogP contribution in [0.3, 0.4) is 0 Å². The normalized spacial score (nSPS) is 16.1. The first-order valence-corrected chi connectivity index (χ1v) is 9.07. The first-order chi connectivity index (χ1) is 13.3. The van der Waals surface area contributed by atoms with E-state index in [0.29, 0.717) is 25.5 Å². The molecule has 1 atom stereocenters. The topological polar surface area (TPSA) is 81.9 Å². The van der Waals surface area contributed by atoms with Crippen LogP contribution in [0.2, 0.25) is 0 Å². The molecular formula is C20H21N5O2. The second-order valence-corrected chi connectivity index (χ2v) is 6.72. The summed E-state index contributed by atoms with van der Waals surface area (Å²) in [6.07, 6.45) is 3.76. The molecule has 138 valence electrons. The van der Waals surface area contributed by atoms with Gasteiger partial charge in [-0.2, -0.15) is 0 Å². The average Bonchev–Trinajstić information content (AvgIpc) is 3.14. The first kappa shape index (κ1) is 17.2. The summed E-state index contributed by atoms with van der Waals surface area (Å²) >= 11 is 0. The van der Waals surface area contributed by atoms with E-state index in [-0.39, 0.29) is 5.91 Å². The van der Waals surface area contributed by atoms with Gasteiger partial charge in [0.15, 0.2) is 0 Å². The van der Waals surface area contributed by atoms with Crippen molar-refractivity contribution in [2.24, 2.45) is 5.92 Å². The third-order valence-corrected chi connectivity index (χ3v) is 4.77. The molecule has 3 aromatic rings. The summed E-state index contributed by atoms with van der Waals surface area (Å²) in [5.74, 6) is 1.39. The summed E-state index contributed by atoms with van der Waals surface area (Å²) in [7, 11) is 0. The second-order valence-electron chi connectivity index (χ2n) is 6.72. The van der Waals surface area contributed by atoms with Gasteiger partial charge in [0.2, 0.25) is 5.91 Å². The molecule has 0 bridgehead atoms. The van der Waals surface area contributed by atoms with E-state index < -0.39 is 0 Å². The number of aromatic nitrogens is 4. The number of tetrazole rings is 1. The molecule has 2 aromatic carbocycles. The number of rotatable bonds is 5. The molecule has 4 rings (SSSR count). The van der Waals surface area contributed by atoms with Gasteiger partial charge in [0, 0.05) is 6.54 Å². The molecule has 7 nitrogen and oxygen atoms in total. The van der Waals surface area contributed by atoms with Gasteiger partial charge in [-0.3, -0.25) is 4.79 Å². The van der Waals surface area contributed by atoms with E-state index in [2.05, 4.69) is 26.9 Å². The minimum atomic E-state index is 0.0311. The Hall–Kier alpha value is -3.22. The lowest BCUT2D eigenvalue weighted by Crippen LogP contribution is -2.31. The molecule has 0 saturated carbocycles. The van der Waals surface area contributed by atoms with Gasteiger partial charge in [-0.15, -0.1) is 5.10 Å². The van der Waals surface area contributed by atoms with Gasteiger partial charge in [0.1, 0.15) is 12.1 Å². The van der Waals surface area contributed by atoms with Gasteiger partial charge >= 0.3 is 0 Å². The number of hydrogen-bond acceptors (Lipinski definition) is 5. The number of nitrogens with zero attached hydrogens (tertiary/aromatic N) is 4. The van der Waals surface area contributed by atoms with Crippen LogP contribution in [0.15, 0.2) is 54.9 Å². The first-order valence-electron chi connectivity index (χ1n) is 9.07. The molecule has 0 aliphatic carbocycles. The summed E-state index contributed by atoms with van der Waals surface area (Å²) in [5, 5.41) is 14.2. The SMILES string of the molecule is O=C(Cc1ccc(-n2cnnn2)cc1)NC[C@@H]1CCOc2ccccc2C1. The van der Waals surface area contributed by atoms with Crippen LogP contribution in [0.4, 0.5) is 0 Å². The summed E-state index contributed by atoms with van der Waals surface area (Å²) < 4.78 is 7.37. The van der Waals surface area contributed by atoms with Gasteiger partial charge in [0.25, 0.3) is 0 Å². The highest BCUT2D eigenvalue weighted by Gasteiger charge is 2.18. The Bertz CT molecular complexity index is 893. The zero-order valence-electron chi connectivity index (χ0n) is 14.9. The standard InChI is InChI=1S/C20H21N5O2/c26-20(12-15-5-7-18(8-6-15)25-14-22-23-24-25)21-13-16-9-10-27-19-4-2-1-3-17(19)11-16/h1-8,14,16H,9-13H2,(H,21,26)/t16-/m1/s1. The molecule has 1 aliphatic rings. The number of carbonyl (C=O) groups excluding carboxylic acids is 1. The van der Waals surface area contributed by atoms with Crippen LogP contribution in [-0.4, -0.2) is 39.3 Å². The van der Waals surface area contributed by atoms with Crippen molar-refractivity contribution >= 4 is 5.91 Å². The fraction of sp³-hybridized carbons (Fsp3) is 0.300. The maximum Gasteiger partial charge on any atom is 0.224 e. The second kappa shape index (κ2) is 7.99. The van der Waals surface area contributed by atoms with Crippen molar-refractivity contribution in [3.8, 4) is 11.4 Å². The number of para-hydroxylation sites is 1. The van der Waals surface area contributed by atoms with E-state index in [4.69, 9.17) is 4.74 Å². The zero-order chi connectivity index (χ0) is 18.5. The molecule has 0 unspecified atom stereocenters. The monoisotopic (exact) mass is 363 g/mol. The van der Waals surface area contributed by atoms with Crippen LogP contribution in [0.25, 0.3) is 5.69 Å². The fourth-order valence-corrected chi connectivity index (χ4v) is 3.29. The molecule has 0 radical (unpaired) electrons. The molecule has 1 aromatic heterocycles. The highest BCUT2D eigenvalue weighted by molar-refractivity contribution is 5.78. The minimum Gasteiger partial charge on any atom is -0.493 e. The van der Waals surface area contributed by atoms with Crippen LogP contribution in [-0.2, 0) is 17.6 Å². The Morgan fingerprint density at radius 3 is 2.85 bits per heavy atom. The molecule has 0 saturated heterocycles. The number of amides is 1. The lowest BCUT2D eigenvalue weighted by Gasteiger charge is -2.14. The van der Waals surface area contributed by atoms with Crippen molar-refractivity contribution < 1.29 is 9.53 Å². The van der Waals surface area contributed by atoms with Crippen molar-refractivity contribution in [2.75, 3.05) is 13.2 Å². The van der Waals surface area contributed by atoms with Gasteiger partial charge in [0.05, 0.1) is 18.7 Å². The third-order valence-electron chi connectivity index (χ3n) is 4.77. The number of carbonyl (C=O) groups is 1. The smallest absolute Gasteiger partial charge is 0.224 e. The van der Waals surface area contributed by atoms with Crippen LogP contribution in [0, 0.1) is 5.92 Å². The van der Waals surface area contributed by atoms with Crippen molar-refractivity contribution in [1.29, 1.82) is 0 Å². The zero-order valence-corrected chi connectivity index (χ0v) is 14.9. The highest BCUT2D eigenvalue weighted by Crippen LogP contribution is 2.26. The molecule has 0 fully saturated rings. The number of ether oxygens (including phenoxy) is 1. The van der Waals surface area contributed by atoms with E-state index >= 15 is 0 Å². The maximum atomic E-state index is 12.3. The quantitative estimate of drug-likeness (QED) is 0.749. The van der Waals surface area contributed by atoms with Gasteiger partial charge in [-0.25, -0.2) is 4.68 Å². The number of fused-ring (bicyclic) bond motifs is 1. The highest BCUT2D eigenvalue weighted by atomic mass is 16.5. The Balaban J connectivity index is 1.29. The number of nitrogens with one attached hydrogen (secondary N) is 1. The van der Waals surface area contributed by atoms with Crippen LogP contribution in [0.1, 0.15) is 17.5 Å². The van der Waals surface area contributed by atoms with Crippen molar-refractivity contribution in [3.63, 3.8) is 0 Å². The Kier molecular flexibility index (Phi) is 5.09. The molecule has 7 heteroatoms. The van der Waals surface area contributed by atoms with Crippen molar-refractivity contribution in [1.82, 2.24) is 25.5 Å². The van der Waals surface area contributed by atoms with Gasteiger partial charge < -0.3 is 10.1 Å². The predicted octanol–water partition coefficient (Wildman–Crippen LogP) is 1.96. The molecule has 1 N–H and O–H groups in total. The van der Waals surface area contributed by atoms with Crippen molar-refractivity contribution in [3.05, 3.63) is 66.0 Å². The summed E-state index contributed by atoms with van der Waals surface area (Å²) in [6, 6.07) is 15.8. The van der Waals surface area contributed by atoms with Crippen LogP contribution < -0.4 is 10.1 Å². The summed E-state index contributed by atoms with van der Waals surface area (Å²) in [6.45, 7) is 1.36. The number of hydrogen-bond donors (Lipinski definition) is 1. The van der Waals surface area contributed by atoms with Gasteiger partial charge in [-0.05, 0) is 58.5 Å². The van der Waals surface area contributed by atoms with Crippen molar-refractivity contribution in [2.45, 2.75) is 19.3 Å². The molecular weight excluding hydrogens is 342 g/mol. The predicted molar refractivity (Wildman–Crippen MR) is 99.6 cm³/mol. The summed E-state index contributed by atoms with van der Waals surface area (Å²) in [4.78, 5) is 12.3. The summed E-state index contributed by atoms with van der Waals surface area (Å²) in [5.41, 5.74) is 3.03. The molecule has 1 amide bonds. The fourth-order valence-electron chi connectivity index (χ4n) is 3.29. The lowest BCUT2D eigenvalue weighted by atomic mass is 9.97. The molecule has 27 heavy (non-hydrogen) atoms. The van der Waals surface area contributed by atoms with E-state index in [9.17, 15) is 4.79 Å². The van der Waals surface area contributed by atoms with E-state index in [1.807, 2.05) is 42.5 Å². The Morgan fingerprint density at radius 2 is 2.04 bits per heavy atom. The Morgan fingerprint density at radius 1 is 1.19 bits per heavy atom. The van der Waals surface area contributed by atoms with E-state index in [1.165, 1.54) is 11.9 Å². The van der Waals surface area contributed by atoms with Gasteiger partial charge in [-0.1, -0.05) is 30.3 Å². The largest absolute Gasteiger partial charge is 0.493 e. The molecule has 0 spiro atoms. The third kappa shape index (κ3) is 4.31. The average molecular weight is 363 g/mol.